The summed E-state index contributed by atoms with van der Waals surface area (Å²) in [5, 5.41) is 0. The summed E-state index contributed by atoms with van der Waals surface area (Å²) in [4.78, 5) is 3.35. The molecule has 0 spiro atoms. The van der Waals surface area contributed by atoms with Gasteiger partial charge in [-0.2, -0.15) is 0 Å². The van der Waals surface area contributed by atoms with Crippen LogP contribution in [0.1, 0.15) is 18.4 Å². The molecule has 0 aromatic heterocycles. The average Bonchev–Trinajstić information content (AvgIpc) is 3.13. The van der Waals surface area contributed by atoms with Crippen LogP contribution in [0.5, 0.6) is 0 Å². The van der Waals surface area contributed by atoms with Gasteiger partial charge in [0, 0.05) is 6.54 Å². The normalized spacial score (nSPS) is 16.6. The molecule has 0 amide bonds. The van der Waals surface area contributed by atoms with Crippen molar-refractivity contribution in [1.82, 2.24) is 9.62 Å². The third kappa shape index (κ3) is 4.28. The van der Waals surface area contributed by atoms with Gasteiger partial charge in [-0.15, -0.1) is 0 Å². The molecule has 1 heterocycles. The zero-order valence-corrected chi connectivity index (χ0v) is 14.4. The first-order chi connectivity index (χ1) is 11.3. The summed E-state index contributed by atoms with van der Waals surface area (Å²) in [5.41, 5.74) is 3.76. The van der Waals surface area contributed by atoms with E-state index in [0.29, 0.717) is 0 Å². The number of hydrogen-bond donors (Lipinski definition) is 1. The van der Waals surface area contributed by atoms with E-state index in [0.717, 1.165) is 16.9 Å². The predicted octanol–water partition coefficient (Wildman–Crippen LogP) is 3.23. The molecular formula is C19H24N2OS. The summed E-state index contributed by atoms with van der Waals surface area (Å²) in [5.74, 6) is 0. The Balaban J connectivity index is 1.63. The van der Waals surface area contributed by atoms with Crippen LogP contribution >= 0.6 is 0 Å². The molecule has 1 aliphatic rings. The van der Waals surface area contributed by atoms with Crippen LogP contribution in [0.15, 0.2) is 53.4 Å². The molecule has 2 aromatic carbocycles. The van der Waals surface area contributed by atoms with E-state index >= 15 is 0 Å². The highest BCUT2D eigenvalue weighted by Crippen LogP contribution is 2.21. The van der Waals surface area contributed by atoms with Crippen LogP contribution < -0.4 is 4.72 Å². The molecule has 1 saturated heterocycles. The van der Waals surface area contributed by atoms with E-state index in [1.807, 2.05) is 24.3 Å². The summed E-state index contributed by atoms with van der Waals surface area (Å²) in [6.07, 6.45) is 3.83. The van der Waals surface area contributed by atoms with Crippen molar-refractivity contribution in [3.8, 4) is 11.1 Å². The highest BCUT2D eigenvalue weighted by atomic mass is 32.2. The van der Waals surface area contributed by atoms with E-state index in [2.05, 4.69) is 33.9 Å². The Morgan fingerprint density at radius 2 is 1.52 bits per heavy atom. The van der Waals surface area contributed by atoms with Crippen molar-refractivity contribution in [2.45, 2.75) is 24.2 Å². The van der Waals surface area contributed by atoms with Gasteiger partial charge in [0.15, 0.2) is 0 Å². The van der Waals surface area contributed by atoms with E-state index in [1.165, 1.54) is 43.6 Å². The second-order valence-corrected chi connectivity index (χ2v) is 7.41. The number of hydrogen-bond acceptors (Lipinski definition) is 2. The molecule has 1 aliphatic heterocycles. The fourth-order valence-corrected chi connectivity index (χ4v) is 3.67. The molecule has 0 saturated carbocycles. The molecule has 1 N–H and O–H groups in total. The van der Waals surface area contributed by atoms with Crippen LogP contribution in [0.3, 0.4) is 0 Å². The molecule has 4 heteroatoms. The monoisotopic (exact) mass is 328 g/mol. The van der Waals surface area contributed by atoms with Crippen LogP contribution in [-0.2, 0) is 17.4 Å². The minimum absolute atomic E-state index is 0.804. The number of rotatable bonds is 6. The highest BCUT2D eigenvalue weighted by molar-refractivity contribution is 7.83. The fourth-order valence-electron chi connectivity index (χ4n) is 3.05. The summed E-state index contributed by atoms with van der Waals surface area (Å²) >= 11 is 0. The molecule has 122 valence electrons. The lowest BCUT2D eigenvalue weighted by atomic mass is 10.0. The first-order valence-electron chi connectivity index (χ1n) is 8.27. The van der Waals surface area contributed by atoms with Crippen LogP contribution in [-0.4, -0.2) is 35.8 Å². The van der Waals surface area contributed by atoms with Crippen LogP contribution in [0, 0.1) is 0 Å². The lowest BCUT2D eigenvalue weighted by Gasteiger charge is -2.14. The van der Waals surface area contributed by atoms with Gasteiger partial charge in [-0.25, -0.2) is 8.93 Å². The van der Waals surface area contributed by atoms with Gasteiger partial charge >= 0.3 is 0 Å². The van der Waals surface area contributed by atoms with Gasteiger partial charge in [-0.05, 0) is 68.2 Å². The summed E-state index contributed by atoms with van der Waals surface area (Å²) in [6.45, 7) is 3.70. The van der Waals surface area contributed by atoms with E-state index in [1.54, 1.807) is 7.05 Å². The summed E-state index contributed by atoms with van der Waals surface area (Å²) < 4.78 is 14.4. The maximum absolute atomic E-state index is 11.7. The largest absolute Gasteiger partial charge is 0.303 e. The smallest absolute Gasteiger partial charge is 0.124 e. The molecule has 2 aromatic rings. The van der Waals surface area contributed by atoms with Gasteiger partial charge in [0.1, 0.15) is 11.0 Å². The Labute approximate surface area is 141 Å². The molecule has 0 bridgehead atoms. The lowest BCUT2D eigenvalue weighted by molar-refractivity contribution is 0.343. The second kappa shape index (κ2) is 7.86. The van der Waals surface area contributed by atoms with E-state index < -0.39 is 11.0 Å². The van der Waals surface area contributed by atoms with Gasteiger partial charge in [0.05, 0.1) is 4.90 Å². The Morgan fingerprint density at radius 1 is 0.957 bits per heavy atom. The fraction of sp³-hybridized carbons (Fsp3) is 0.368. The molecule has 1 fully saturated rings. The van der Waals surface area contributed by atoms with Gasteiger partial charge in [-0.1, -0.05) is 36.4 Å². The number of benzene rings is 2. The van der Waals surface area contributed by atoms with Gasteiger partial charge < -0.3 is 4.90 Å². The van der Waals surface area contributed by atoms with Crippen molar-refractivity contribution >= 4 is 11.0 Å². The third-order valence-electron chi connectivity index (χ3n) is 4.46. The number of nitrogens with one attached hydrogen (secondary N) is 1. The van der Waals surface area contributed by atoms with E-state index in [4.69, 9.17) is 0 Å². The topological polar surface area (TPSA) is 32.3 Å². The van der Waals surface area contributed by atoms with E-state index in [9.17, 15) is 4.21 Å². The Morgan fingerprint density at radius 3 is 2.09 bits per heavy atom. The van der Waals surface area contributed by atoms with Crippen molar-refractivity contribution in [3.63, 3.8) is 0 Å². The predicted molar refractivity (Wildman–Crippen MR) is 96.7 cm³/mol. The molecule has 1 atom stereocenters. The quantitative estimate of drug-likeness (QED) is 0.883. The minimum Gasteiger partial charge on any atom is -0.303 e. The van der Waals surface area contributed by atoms with Crippen LogP contribution in [0.2, 0.25) is 0 Å². The molecule has 23 heavy (non-hydrogen) atoms. The lowest BCUT2D eigenvalue weighted by Crippen LogP contribution is -2.21. The van der Waals surface area contributed by atoms with Gasteiger partial charge in [0.25, 0.3) is 0 Å². The number of likely N-dealkylation sites (tertiary alicyclic amines) is 1. The zero-order chi connectivity index (χ0) is 16.1. The maximum Gasteiger partial charge on any atom is 0.124 e. The van der Waals surface area contributed by atoms with E-state index in [-0.39, 0.29) is 0 Å². The zero-order valence-electron chi connectivity index (χ0n) is 13.6. The van der Waals surface area contributed by atoms with Crippen molar-refractivity contribution in [2.75, 3.05) is 26.7 Å². The highest BCUT2D eigenvalue weighted by Gasteiger charge is 2.10. The Hall–Kier alpha value is -1.49. The van der Waals surface area contributed by atoms with Crippen LogP contribution in [0.25, 0.3) is 11.1 Å². The summed E-state index contributed by atoms with van der Waals surface area (Å²) in [7, 11) is 0.582. The summed E-state index contributed by atoms with van der Waals surface area (Å²) in [6, 6.07) is 16.7. The Bertz CT molecular complexity index is 646. The van der Waals surface area contributed by atoms with Gasteiger partial charge in [-0.3, -0.25) is 0 Å². The molecule has 0 aliphatic carbocycles. The molecule has 3 nitrogen and oxygen atoms in total. The third-order valence-corrected chi connectivity index (χ3v) is 5.53. The molecule has 3 rings (SSSR count). The van der Waals surface area contributed by atoms with Crippen molar-refractivity contribution < 1.29 is 4.21 Å². The van der Waals surface area contributed by atoms with Crippen LogP contribution in [0.4, 0.5) is 0 Å². The molecule has 0 radical (unpaired) electrons. The first kappa shape index (κ1) is 16.4. The van der Waals surface area contributed by atoms with Crippen molar-refractivity contribution in [3.05, 3.63) is 54.1 Å². The van der Waals surface area contributed by atoms with Crippen molar-refractivity contribution in [2.24, 2.45) is 0 Å². The van der Waals surface area contributed by atoms with Crippen molar-refractivity contribution in [1.29, 1.82) is 0 Å². The minimum atomic E-state index is -1.12. The molecule has 1 unspecified atom stereocenters. The SMILES string of the molecule is CNS(=O)c1ccc(-c2ccc(CCN3CCCC3)cc2)cc1. The second-order valence-electron chi connectivity index (χ2n) is 5.99. The number of nitrogens with zero attached hydrogens (tertiary/aromatic N) is 1. The molecular weight excluding hydrogens is 304 g/mol. The standard InChI is InChI=1S/C19H24N2OS/c1-20-23(22)19-10-8-18(9-11-19)17-6-4-16(5-7-17)12-15-21-13-2-3-14-21/h4-11,20H,2-3,12-15H2,1H3. The maximum atomic E-state index is 11.7. The Kier molecular flexibility index (Phi) is 5.60. The van der Waals surface area contributed by atoms with Gasteiger partial charge in [0.2, 0.25) is 0 Å². The first-order valence-corrected chi connectivity index (χ1v) is 9.42. The average molecular weight is 328 g/mol.